The van der Waals surface area contributed by atoms with Crippen LogP contribution in [0.5, 0.6) is 0 Å². The third-order valence-corrected chi connectivity index (χ3v) is 4.98. The zero-order chi connectivity index (χ0) is 18.8. The number of thiazole rings is 1. The molecule has 0 fully saturated rings. The van der Waals surface area contributed by atoms with Gasteiger partial charge in [-0.15, -0.1) is 11.3 Å². The highest BCUT2D eigenvalue weighted by Gasteiger charge is 2.10. The zero-order valence-electron chi connectivity index (χ0n) is 14.6. The molecule has 0 atom stereocenters. The summed E-state index contributed by atoms with van der Waals surface area (Å²) in [5.41, 5.74) is 5.04. The number of nitrogens with zero attached hydrogens (tertiary/aromatic N) is 1. The summed E-state index contributed by atoms with van der Waals surface area (Å²) in [4.78, 5) is 30.5. The molecule has 2 heterocycles. The van der Waals surface area contributed by atoms with Crippen molar-refractivity contribution in [2.45, 2.75) is 19.8 Å². The number of anilines is 1. The van der Waals surface area contributed by atoms with E-state index in [1.165, 1.54) is 16.9 Å². The van der Waals surface area contributed by atoms with E-state index in [0.29, 0.717) is 29.1 Å². The molecule has 0 saturated heterocycles. The topological polar surface area (TPSA) is 88.0 Å². The van der Waals surface area contributed by atoms with Crippen LogP contribution >= 0.6 is 11.3 Å². The van der Waals surface area contributed by atoms with Crippen LogP contribution in [0.3, 0.4) is 0 Å². The van der Waals surface area contributed by atoms with Crippen LogP contribution in [-0.2, 0) is 11.2 Å². The number of aromatic amines is 1. The Hall–Kier alpha value is -3.19. The molecule has 27 heavy (non-hydrogen) atoms. The van der Waals surface area contributed by atoms with Gasteiger partial charge in [0.25, 0.3) is 0 Å². The van der Waals surface area contributed by atoms with Gasteiger partial charge in [-0.3, -0.25) is 9.78 Å². The van der Waals surface area contributed by atoms with Crippen molar-refractivity contribution < 1.29 is 9.21 Å². The molecule has 0 bridgehead atoms. The molecule has 1 amide bonds. The molecule has 0 spiro atoms. The number of H-pyrrole nitrogens is 1. The van der Waals surface area contributed by atoms with Crippen LogP contribution in [-0.4, -0.2) is 15.9 Å². The van der Waals surface area contributed by atoms with Gasteiger partial charge in [0.15, 0.2) is 10.7 Å². The Labute approximate surface area is 158 Å². The largest absolute Gasteiger partial charge is 0.417 e. The first-order valence-electron chi connectivity index (χ1n) is 8.51. The van der Waals surface area contributed by atoms with E-state index in [9.17, 15) is 9.59 Å². The third-order valence-electron chi connectivity index (χ3n) is 4.23. The van der Waals surface area contributed by atoms with E-state index in [4.69, 9.17) is 4.42 Å². The van der Waals surface area contributed by atoms with Crippen molar-refractivity contribution in [2.24, 2.45) is 0 Å². The van der Waals surface area contributed by atoms with Crippen LogP contribution in [0.25, 0.3) is 22.4 Å². The van der Waals surface area contributed by atoms with Crippen LogP contribution in [0, 0.1) is 6.92 Å². The van der Waals surface area contributed by atoms with Gasteiger partial charge in [-0.2, -0.15) is 0 Å². The molecule has 0 radical (unpaired) electrons. The lowest BCUT2D eigenvalue weighted by Gasteiger charge is -2.03. The quantitative estimate of drug-likeness (QED) is 0.546. The number of benzene rings is 2. The molecular formula is C20H17N3O3S. The summed E-state index contributed by atoms with van der Waals surface area (Å²) >= 11 is 1.37. The highest BCUT2D eigenvalue weighted by molar-refractivity contribution is 7.14. The van der Waals surface area contributed by atoms with Gasteiger partial charge in [0.2, 0.25) is 5.91 Å². The summed E-state index contributed by atoms with van der Waals surface area (Å²) in [6.07, 6.45) is 1.09. The monoisotopic (exact) mass is 379 g/mol. The molecule has 136 valence electrons. The smallest absolute Gasteiger partial charge is 0.408 e. The number of amides is 1. The molecular weight excluding hydrogens is 362 g/mol. The van der Waals surface area contributed by atoms with Crippen LogP contribution in [0.4, 0.5) is 5.13 Å². The molecule has 0 saturated carbocycles. The normalized spacial score (nSPS) is 11.0. The fraction of sp³-hybridized carbons (Fsp3) is 0.150. The minimum Gasteiger partial charge on any atom is -0.408 e. The predicted molar refractivity (Wildman–Crippen MR) is 106 cm³/mol. The number of nitrogens with one attached hydrogen (secondary N) is 2. The Kier molecular flexibility index (Phi) is 4.60. The Bertz CT molecular complexity index is 1160. The lowest BCUT2D eigenvalue weighted by atomic mass is 10.1. The van der Waals surface area contributed by atoms with Crippen molar-refractivity contribution in [2.75, 3.05) is 5.32 Å². The molecule has 0 aliphatic rings. The molecule has 4 aromatic rings. The highest BCUT2D eigenvalue weighted by Crippen LogP contribution is 2.27. The summed E-state index contributed by atoms with van der Waals surface area (Å²) in [5.74, 6) is -0.548. The van der Waals surface area contributed by atoms with Gasteiger partial charge in [-0.05, 0) is 37.1 Å². The maximum absolute atomic E-state index is 12.2. The van der Waals surface area contributed by atoms with Crippen LogP contribution in [0.2, 0.25) is 0 Å². The Morgan fingerprint density at radius 2 is 2.04 bits per heavy atom. The second kappa shape index (κ2) is 7.20. The minimum absolute atomic E-state index is 0.0638. The van der Waals surface area contributed by atoms with Crippen molar-refractivity contribution in [3.63, 3.8) is 0 Å². The first kappa shape index (κ1) is 17.2. The van der Waals surface area contributed by atoms with Gasteiger partial charge in [-0.1, -0.05) is 29.8 Å². The summed E-state index contributed by atoms with van der Waals surface area (Å²) in [6, 6.07) is 13.5. The molecule has 6 nitrogen and oxygen atoms in total. The second-order valence-electron chi connectivity index (χ2n) is 6.30. The lowest BCUT2D eigenvalue weighted by molar-refractivity contribution is -0.116. The number of fused-ring (bicyclic) bond motifs is 1. The Balaban J connectivity index is 1.41. The molecule has 0 aliphatic heterocycles. The van der Waals surface area contributed by atoms with E-state index < -0.39 is 5.76 Å². The fourth-order valence-electron chi connectivity index (χ4n) is 2.77. The zero-order valence-corrected chi connectivity index (χ0v) is 15.4. The summed E-state index contributed by atoms with van der Waals surface area (Å²) < 4.78 is 5.00. The standard InChI is InChI=1S/C20H17N3O3S/c1-12-2-4-13(5-3-12)6-9-18(24)23-19-21-16(11-27-19)14-7-8-17-15(10-14)22-20(25)26-17/h2-5,7-8,10-11H,6,9H2,1H3,(H,22,25)(H,21,23,24). The SMILES string of the molecule is Cc1ccc(CCC(=O)Nc2nc(-c3ccc4oc(=O)[nH]c4c3)cs2)cc1. The molecule has 2 aromatic carbocycles. The molecule has 2 aromatic heterocycles. The van der Waals surface area contributed by atoms with Crippen molar-refractivity contribution >= 4 is 33.5 Å². The van der Waals surface area contributed by atoms with E-state index in [0.717, 1.165) is 16.8 Å². The molecule has 7 heteroatoms. The first-order valence-corrected chi connectivity index (χ1v) is 9.39. The van der Waals surface area contributed by atoms with E-state index in [-0.39, 0.29) is 5.91 Å². The molecule has 2 N–H and O–H groups in total. The lowest BCUT2D eigenvalue weighted by Crippen LogP contribution is -2.12. The average molecular weight is 379 g/mol. The van der Waals surface area contributed by atoms with Gasteiger partial charge < -0.3 is 9.73 Å². The van der Waals surface area contributed by atoms with E-state index >= 15 is 0 Å². The number of hydrogen-bond acceptors (Lipinski definition) is 5. The number of hydrogen-bond donors (Lipinski definition) is 2. The summed E-state index contributed by atoms with van der Waals surface area (Å²) in [6.45, 7) is 2.04. The number of oxazole rings is 1. The minimum atomic E-state index is -0.484. The van der Waals surface area contributed by atoms with Gasteiger partial charge in [0.05, 0.1) is 11.2 Å². The van der Waals surface area contributed by atoms with Gasteiger partial charge in [0, 0.05) is 17.4 Å². The molecule has 4 rings (SSSR count). The van der Waals surface area contributed by atoms with Gasteiger partial charge in [-0.25, -0.2) is 9.78 Å². The van der Waals surface area contributed by atoms with E-state index in [1.54, 1.807) is 12.1 Å². The first-order chi connectivity index (χ1) is 13.1. The van der Waals surface area contributed by atoms with Crippen LogP contribution < -0.4 is 11.1 Å². The average Bonchev–Trinajstić information content (AvgIpc) is 3.26. The number of carbonyl (C=O) groups is 1. The molecule has 0 aliphatic carbocycles. The summed E-state index contributed by atoms with van der Waals surface area (Å²) in [7, 11) is 0. The van der Waals surface area contributed by atoms with Crippen molar-refractivity contribution in [3.05, 3.63) is 69.5 Å². The second-order valence-corrected chi connectivity index (χ2v) is 7.16. The maximum atomic E-state index is 12.2. The summed E-state index contributed by atoms with van der Waals surface area (Å²) in [5, 5.41) is 5.27. The van der Waals surface area contributed by atoms with E-state index in [2.05, 4.69) is 15.3 Å². The number of rotatable bonds is 5. The van der Waals surface area contributed by atoms with Crippen LogP contribution in [0.15, 0.2) is 57.1 Å². The Morgan fingerprint density at radius 1 is 1.22 bits per heavy atom. The number of aryl methyl sites for hydroxylation is 2. The number of aromatic nitrogens is 2. The fourth-order valence-corrected chi connectivity index (χ4v) is 3.51. The highest BCUT2D eigenvalue weighted by atomic mass is 32.1. The Morgan fingerprint density at radius 3 is 2.85 bits per heavy atom. The van der Waals surface area contributed by atoms with E-state index in [1.807, 2.05) is 42.6 Å². The predicted octanol–water partition coefficient (Wildman–Crippen LogP) is 4.12. The third kappa shape index (κ3) is 3.98. The maximum Gasteiger partial charge on any atom is 0.417 e. The van der Waals surface area contributed by atoms with Crippen LogP contribution in [0.1, 0.15) is 17.5 Å². The van der Waals surface area contributed by atoms with Gasteiger partial charge >= 0.3 is 5.76 Å². The van der Waals surface area contributed by atoms with Crippen molar-refractivity contribution in [1.29, 1.82) is 0 Å². The van der Waals surface area contributed by atoms with Crippen molar-refractivity contribution in [1.82, 2.24) is 9.97 Å². The number of carbonyl (C=O) groups excluding carboxylic acids is 1. The van der Waals surface area contributed by atoms with Crippen molar-refractivity contribution in [3.8, 4) is 11.3 Å². The molecule has 0 unspecified atom stereocenters. The van der Waals surface area contributed by atoms with Gasteiger partial charge in [0.1, 0.15) is 0 Å².